The Morgan fingerprint density at radius 3 is 1.78 bits per heavy atom. The molecule has 2 heterocycles. The molecule has 7 aromatic rings. The first-order valence-electron chi connectivity index (χ1n) is 16.9. The minimum atomic E-state index is -0.629. The van der Waals surface area contributed by atoms with Gasteiger partial charge in [-0.2, -0.15) is 0 Å². The average Bonchev–Trinajstić information content (AvgIpc) is 3.80. The number of Topliss-reactive ketones (excluding diaryl/α,β-unsaturated/α-hetero) is 2. The molecule has 0 saturated heterocycles. The highest BCUT2D eigenvalue weighted by atomic mass is 32.1. The van der Waals surface area contributed by atoms with Gasteiger partial charge in [-0.05, 0) is 81.8 Å². The summed E-state index contributed by atoms with van der Waals surface area (Å²) in [4.78, 5) is 32.0. The lowest BCUT2D eigenvalue weighted by molar-refractivity contribution is 0.0990. The molecule has 3 aliphatic rings. The molecule has 0 bridgehead atoms. The molecule has 4 heteroatoms. The molecular formula is C46H29NO2S. The van der Waals surface area contributed by atoms with Crippen LogP contribution in [0.5, 0.6) is 0 Å². The third-order valence-electron chi connectivity index (χ3n) is 10.5. The Bertz CT molecular complexity index is 2530. The van der Waals surface area contributed by atoms with Gasteiger partial charge in [0, 0.05) is 26.6 Å². The van der Waals surface area contributed by atoms with Gasteiger partial charge < -0.3 is 4.90 Å². The normalized spacial score (nSPS) is 14.7. The lowest BCUT2D eigenvalue weighted by Gasteiger charge is -2.43. The molecule has 0 radical (unpaired) electrons. The van der Waals surface area contributed by atoms with Crippen molar-refractivity contribution in [3.63, 3.8) is 0 Å². The van der Waals surface area contributed by atoms with Gasteiger partial charge in [0.1, 0.15) is 0 Å². The van der Waals surface area contributed by atoms with E-state index in [-0.39, 0.29) is 17.1 Å². The summed E-state index contributed by atoms with van der Waals surface area (Å²) in [6.07, 6.45) is 1.79. The number of carbonyl (C=O) groups is 2. The predicted octanol–water partition coefficient (Wildman–Crippen LogP) is 11.3. The van der Waals surface area contributed by atoms with E-state index in [1.807, 2.05) is 23.5 Å². The molecule has 0 saturated carbocycles. The molecule has 1 spiro atoms. The number of allylic oxidation sites excluding steroid dienone is 1. The van der Waals surface area contributed by atoms with Crippen LogP contribution in [0.3, 0.4) is 0 Å². The number of carbonyl (C=O) groups excluding carboxylic acids is 2. The van der Waals surface area contributed by atoms with Gasteiger partial charge in [-0.1, -0.05) is 127 Å². The molecule has 50 heavy (non-hydrogen) atoms. The number of aryl methyl sites for hydroxylation is 1. The fourth-order valence-electron chi connectivity index (χ4n) is 8.37. The minimum Gasteiger partial charge on any atom is -0.309 e. The van der Waals surface area contributed by atoms with Crippen LogP contribution in [0.1, 0.15) is 53.4 Å². The Morgan fingerprint density at radius 1 is 0.540 bits per heavy atom. The van der Waals surface area contributed by atoms with Crippen LogP contribution >= 0.6 is 11.3 Å². The van der Waals surface area contributed by atoms with Gasteiger partial charge in [-0.15, -0.1) is 11.3 Å². The van der Waals surface area contributed by atoms with Crippen molar-refractivity contribution >= 4 is 46.0 Å². The number of ketones is 2. The number of nitrogens with zero attached hydrogens (tertiary/aromatic N) is 1. The second-order valence-corrected chi connectivity index (χ2v) is 14.2. The van der Waals surface area contributed by atoms with Crippen molar-refractivity contribution in [2.75, 3.05) is 4.90 Å². The molecule has 0 atom stereocenters. The summed E-state index contributed by atoms with van der Waals surface area (Å²) in [6.45, 7) is 2.16. The van der Waals surface area contributed by atoms with E-state index in [1.165, 1.54) is 43.1 Å². The van der Waals surface area contributed by atoms with Gasteiger partial charge in [0.15, 0.2) is 11.6 Å². The van der Waals surface area contributed by atoms with Crippen LogP contribution in [-0.4, -0.2) is 11.6 Å². The summed E-state index contributed by atoms with van der Waals surface area (Å²) in [5.74, 6) is -0.437. The fourth-order valence-corrected chi connectivity index (χ4v) is 9.75. The quantitative estimate of drug-likeness (QED) is 0.140. The van der Waals surface area contributed by atoms with E-state index in [0.29, 0.717) is 11.1 Å². The van der Waals surface area contributed by atoms with Gasteiger partial charge in [0.2, 0.25) is 0 Å². The zero-order chi connectivity index (χ0) is 33.6. The van der Waals surface area contributed by atoms with Crippen LogP contribution in [-0.2, 0) is 5.41 Å². The molecule has 10 rings (SSSR count). The lowest BCUT2D eigenvalue weighted by atomic mass is 9.68. The molecule has 6 aromatic carbocycles. The Kier molecular flexibility index (Phi) is 6.18. The minimum absolute atomic E-state index is 0.210. The highest BCUT2D eigenvalue weighted by Gasteiger charge is 2.53. The summed E-state index contributed by atoms with van der Waals surface area (Å²) in [5.41, 5.74) is 13.1. The number of hydrogen-bond acceptors (Lipinski definition) is 4. The highest BCUT2D eigenvalue weighted by Crippen LogP contribution is 2.66. The number of fused-ring (bicyclic) bond motifs is 10. The van der Waals surface area contributed by atoms with Gasteiger partial charge in [-0.3, -0.25) is 9.59 Å². The second kappa shape index (κ2) is 10.7. The molecule has 0 fully saturated rings. The van der Waals surface area contributed by atoms with Crippen LogP contribution in [0.25, 0.3) is 27.6 Å². The monoisotopic (exact) mass is 659 g/mol. The molecule has 1 aliphatic heterocycles. The Morgan fingerprint density at radius 2 is 1.12 bits per heavy atom. The van der Waals surface area contributed by atoms with Crippen molar-refractivity contribution in [2.45, 2.75) is 12.3 Å². The first-order valence-corrected chi connectivity index (χ1v) is 17.7. The van der Waals surface area contributed by atoms with Crippen LogP contribution in [0, 0.1) is 6.92 Å². The first-order chi connectivity index (χ1) is 24.6. The van der Waals surface area contributed by atoms with Crippen LogP contribution in [0.4, 0.5) is 17.1 Å². The lowest BCUT2D eigenvalue weighted by Crippen LogP contribution is -2.35. The van der Waals surface area contributed by atoms with Gasteiger partial charge in [0.05, 0.1) is 22.4 Å². The molecule has 0 N–H and O–H groups in total. The van der Waals surface area contributed by atoms with Gasteiger partial charge in [-0.25, -0.2) is 0 Å². The summed E-state index contributed by atoms with van der Waals surface area (Å²) < 4.78 is 0. The fraction of sp³-hybridized carbons (Fsp3) is 0.0435. The summed E-state index contributed by atoms with van der Waals surface area (Å²) in [7, 11) is 0. The van der Waals surface area contributed by atoms with E-state index in [9.17, 15) is 9.59 Å². The number of rotatable bonds is 3. The smallest absolute Gasteiger partial charge is 0.197 e. The molecule has 3 nitrogen and oxygen atoms in total. The van der Waals surface area contributed by atoms with Crippen LogP contribution in [0.2, 0.25) is 0 Å². The summed E-state index contributed by atoms with van der Waals surface area (Å²) in [5, 5.41) is 0. The Labute approximate surface area is 294 Å². The third kappa shape index (κ3) is 3.85. The van der Waals surface area contributed by atoms with Gasteiger partial charge >= 0.3 is 0 Å². The molecule has 236 valence electrons. The maximum absolute atomic E-state index is 13.6. The maximum Gasteiger partial charge on any atom is 0.197 e. The van der Waals surface area contributed by atoms with Crippen molar-refractivity contribution < 1.29 is 9.59 Å². The molecule has 0 amide bonds. The zero-order valence-electron chi connectivity index (χ0n) is 27.2. The number of benzene rings is 6. The third-order valence-corrected chi connectivity index (χ3v) is 11.8. The molecule has 2 aliphatic carbocycles. The van der Waals surface area contributed by atoms with E-state index in [1.54, 1.807) is 18.2 Å². The first kappa shape index (κ1) is 28.9. The number of thiophene rings is 1. The Balaban J connectivity index is 1.31. The van der Waals surface area contributed by atoms with Crippen molar-refractivity contribution in [3.05, 3.63) is 201 Å². The number of para-hydroxylation sites is 1. The van der Waals surface area contributed by atoms with Crippen molar-refractivity contribution in [1.82, 2.24) is 0 Å². The second-order valence-electron chi connectivity index (χ2n) is 13.2. The van der Waals surface area contributed by atoms with Crippen LogP contribution < -0.4 is 4.90 Å². The topological polar surface area (TPSA) is 37.4 Å². The maximum atomic E-state index is 13.6. The van der Waals surface area contributed by atoms with E-state index in [2.05, 4.69) is 139 Å². The largest absolute Gasteiger partial charge is 0.309 e. The Hall–Kier alpha value is -6.10. The molecular weight excluding hydrogens is 631 g/mol. The van der Waals surface area contributed by atoms with E-state index in [0.717, 1.165) is 28.2 Å². The zero-order valence-corrected chi connectivity index (χ0v) is 28.0. The standard InChI is InChI=1S/C46H29NO2S/c1-28-13-5-12-22-39(28)47-40-24-23-29(25-35-43(48)33-18-6-7-19-34(33)44(35)49)26-38(40)46(45-41(47)27-42(50-45)30-14-3-2-4-15-30)36-20-10-8-16-31(36)32-17-9-11-21-37(32)46/h2-27H,1H3. The van der Waals surface area contributed by atoms with Crippen LogP contribution in [0.15, 0.2) is 157 Å². The van der Waals surface area contributed by atoms with Crippen molar-refractivity contribution in [2.24, 2.45) is 0 Å². The van der Waals surface area contributed by atoms with Crippen molar-refractivity contribution in [3.8, 4) is 21.6 Å². The van der Waals surface area contributed by atoms with E-state index < -0.39 is 5.41 Å². The van der Waals surface area contributed by atoms with Crippen molar-refractivity contribution in [1.29, 1.82) is 0 Å². The SMILES string of the molecule is Cc1ccccc1N1c2ccc(C=C3C(=O)c4ccccc4C3=O)cc2C2(c3ccccc3-c3ccccc32)c2sc(-c3ccccc3)cc21. The van der Waals surface area contributed by atoms with Gasteiger partial charge in [0.25, 0.3) is 0 Å². The number of anilines is 3. The van der Waals surface area contributed by atoms with E-state index >= 15 is 0 Å². The highest BCUT2D eigenvalue weighted by molar-refractivity contribution is 7.16. The summed E-state index contributed by atoms with van der Waals surface area (Å²) >= 11 is 1.85. The molecule has 0 unspecified atom stereocenters. The predicted molar refractivity (Wildman–Crippen MR) is 203 cm³/mol. The summed E-state index contributed by atoms with van der Waals surface area (Å²) in [6, 6.07) is 52.7. The molecule has 1 aromatic heterocycles. The van der Waals surface area contributed by atoms with E-state index in [4.69, 9.17) is 0 Å². The average molecular weight is 660 g/mol. The number of hydrogen-bond donors (Lipinski definition) is 0.